The van der Waals surface area contributed by atoms with E-state index < -0.39 is 0 Å². The molecule has 1 saturated heterocycles. The summed E-state index contributed by atoms with van der Waals surface area (Å²) in [6, 6.07) is 6.72. The van der Waals surface area contributed by atoms with E-state index in [1.165, 1.54) is 6.07 Å². The smallest absolute Gasteiger partial charge is 0.237 e. The number of nitrogens with zero attached hydrogens (tertiary/aromatic N) is 3. The minimum absolute atomic E-state index is 0.190. The van der Waals surface area contributed by atoms with Gasteiger partial charge in [0.25, 0.3) is 0 Å². The van der Waals surface area contributed by atoms with Crippen LogP contribution >= 0.6 is 0 Å². The summed E-state index contributed by atoms with van der Waals surface area (Å²) in [4.78, 5) is 11.3. The number of allylic oxidation sites excluding steroid dienone is 1. The van der Waals surface area contributed by atoms with E-state index in [1.54, 1.807) is 24.5 Å². The Morgan fingerprint density at radius 2 is 1.96 bits per heavy atom. The van der Waals surface area contributed by atoms with Crippen LogP contribution in [0.1, 0.15) is 51.3 Å². The Kier molecular flexibility index (Phi) is 6.79. The van der Waals surface area contributed by atoms with Crippen molar-refractivity contribution in [2.75, 3.05) is 13.1 Å². The van der Waals surface area contributed by atoms with Crippen molar-refractivity contribution in [2.45, 2.75) is 52.2 Å². The molecule has 0 spiro atoms. The van der Waals surface area contributed by atoms with Gasteiger partial charge in [0, 0.05) is 18.9 Å². The highest BCUT2D eigenvalue weighted by Crippen LogP contribution is 2.25. The van der Waals surface area contributed by atoms with E-state index in [0.717, 1.165) is 50.2 Å². The molecule has 1 aromatic heterocycles. The van der Waals surface area contributed by atoms with Crippen LogP contribution in [-0.2, 0) is 6.54 Å². The third-order valence-corrected chi connectivity index (χ3v) is 5.38. The largest absolute Gasteiger partial charge is 0.470 e. The van der Waals surface area contributed by atoms with E-state index >= 15 is 0 Å². The van der Waals surface area contributed by atoms with Crippen LogP contribution in [0.3, 0.4) is 0 Å². The van der Waals surface area contributed by atoms with Crippen molar-refractivity contribution < 1.29 is 9.13 Å². The fourth-order valence-corrected chi connectivity index (χ4v) is 3.25. The Hall–Kier alpha value is -2.27. The molecule has 2 aromatic rings. The van der Waals surface area contributed by atoms with Gasteiger partial charge >= 0.3 is 0 Å². The molecular formula is C23H30FN3O. The number of hydrogen-bond acceptors (Lipinski definition) is 4. The summed E-state index contributed by atoms with van der Waals surface area (Å²) in [6.45, 7) is 9.02. The SMILES string of the molecule is CCC(C)(C)Oc1nccnc1CN1CCC(/C=C/c2cccc(F)c2)CC1. The van der Waals surface area contributed by atoms with Crippen LogP contribution in [0.2, 0.25) is 0 Å². The summed E-state index contributed by atoms with van der Waals surface area (Å²) in [6.07, 6.45) is 10.7. The van der Waals surface area contributed by atoms with Crippen LogP contribution in [0.5, 0.6) is 5.88 Å². The van der Waals surface area contributed by atoms with Crippen LogP contribution in [0, 0.1) is 11.7 Å². The van der Waals surface area contributed by atoms with E-state index in [1.807, 2.05) is 12.1 Å². The van der Waals surface area contributed by atoms with E-state index in [2.05, 4.69) is 41.7 Å². The van der Waals surface area contributed by atoms with Gasteiger partial charge in [-0.25, -0.2) is 9.37 Å². The van der Waals surface area contributed by atoms with E-state index in [4.69, 9.17) is 4.74 Å². The molecule has 0 aliphatic carbocycles. The average molecular weight is 384 g/mol. The molecule has 0 amide bonds. The standard InChI is InChI=1S/C23H30FN3O/c1-4-23(2,3)28-22-21(25-12-13-26-22)17-27-14-10-18(11-15-27)8-9-19-6-5-7-20(24)16-19/h5-9,12-13,16,18H,4,10-11,14-15,17H2,1-3H3/b9-8+. The number of ether oxygens (including phenoxy) is 1. The summed E-state index contributed by atoms with van der Waals surface area (Å²) in [5.41, 5.74) is 1.57. The zero-order chi connectivity index (χ0) is 20.0. The maximum absolute atomic E-state index is 13.3. The van der Waals surface area contributed by atoms with Crippen LogP contribution in [0.15, 0.2) is 42.7 Å². The van der Waals surface area contributed by atoms with Crippen molar-refractivity contribution in [1.29, 1.82) is 0 Å². The summed E-state index contributed by atoms with van der Waals surface area (Å²) in [7, 11) is 0. The minimum Gasteiger partial charge on any atom is -0.470 e. The molecule has 0 atom stereocenters. The third-order valence-electron chi connectivity index (χ3n) is 5.38. The summed E-state index contributed by atoms with van der Waals surface area (Å²) in [5, 5.41) is 0. The fourth-order valence-electron chi connectivity index (χ4n) is 3.25. The molecule has 3 rings (SSSR count). The van der Waals surface area contributed by atoms with Gasteiger partial charge in [-0.2, -0.15) is 0 Å². The predicted octanol–water partition coefficient (Wildman–Crippen LogP) is 5.11. The number of benzene rings is 1. The first-order chi connectivity index (χ1) is 13.4. The fraction of sp³-hybridized carbons (Fsp3) is 0.478. The first-order valence-corrected chi connectivity index (χ1v) is 10.1. The molecule has 1 aliphatic rings. The predicted molar refractivity (Wildman–Crippen MR) is 110 cm³/mol. The van der Waals surface area contributed by atoms with Gasteiger partial charge in [-0.3, -0.25) is 9.88 Å². The molecule has 4 nitrogen and oxygen atoms in total. The van der Waals surface area contributed by atoms with Crippen LogP contribution in [0.4, 0.5) is 4.39 Å². The summed E-state index contributed by atoms with van der Waals surface area (Å²) >= 11 is 0. The lowest BCUT2D eigenvalue weighted by Crippen LogP contribution is -2.34. The monoisotopic (exact) mass is 383 g/mol. The first kappa shape index (κ1) is 20.5. The lowest BCUT2D eigenvalue weighted by molar-refractivity contribution is 0.0939. The van der Waals surface area contributed by atoms with Crippen molar-refractivity contribution in [3.8, 4) is 5.88 Å². The van der Waals surface area contributed by atoms with E-state index in [-0.39, 0.29) is 11.4 Å². The Balaban J connectivity index is 1.55. The van der Waals surface area contributed by atoms with Crippen LogP contribution in [0.25, 0.3) is 6.08 Å². The third kappa shape index (κ3) is 5.86. The maximum atomic E-state index is 13.3. The summed E-state index contributed by atoms with van der Waals surface area (Å²) < 4.78 is 19.4. The van der Waals surface area contributed by atoms with Gasteiger partial charge in [-0.05, 0) is 69.8 Å². The lowest BCUT2D eigenvalue weighted by Gasteiger charge is -2.31. The van der Waals surface area contributed by atoms with Gasteiger partial charge in [0.1, 0.15) is 17.1 Å². The maximum Gasteiger partial charge on any atom is 0.237 e. The molecule has 0 unspecified atom stereocenters. The van der Waals surface area contributed by atoms with E-state index in [9.17, 15) is 4.39 Å². The number of rotatable bonds is 7. The van der Waals surface area contributed by atoms with Crippen molar-refractivity contribution in [3.05, 3.63) is 59.8 Å². The number of likely N-dealkylation sites (tertiary alicyclic amines) is 1. The molecule has 1 fully saturated rings. The Morgan fingerprint density at radius 1 is 1.21 bits per heavy atom. The average Bonchev–Trinajstić information content (AvgIpc) is 2.69. The number of halogens is 1. The van der Waals surface area contributed by atoms with Gasteiger partial charge in [-0.1, -0.05) is 31.2 Å². The molecule has 150 valence electrons. The Labute approximate surface area is 167 Å². The second-order valence-corrected chi connectivity index (χ2v) is 8.05. The first-order valence-electron chi connectivity index (χ1n) is 10.1. The second-order valence-electron chi connectivity index (χ2n) is 8.05. The lowest BCUT2D eigenvalue weighted by atomic mass is 9.95. The molecular weight excluding hydrogens is 353 g/mol. The van der Waals surface area contributed by atoms with Crippen LogP contribution < -0.4 is 4.74 Å². The summed E-state index contributed by atoms with van der Waals surface area (Å²) in [5.74, 6) is 0.976. The number of piperidine rings is 1. The van der Waals surface area contributed by atoms with Crippen molar-refractivity contribution >= 4 is 6.08 Å². The highest BCUT2D eigenvalue weighted by Gasteiger charge is 2.23. The molecule has 0 saturated carbocycles. The molecule has 0 radical (unpaired) electrons. The molecule has 0 bridgehead atoms. The molecule has 5 heteroatoms. The van der Waals surface area contributed by atoms with Gasteiger partial charge in [0.15, 0.2) is 0 Å². The van der Waals surface area contributed by atoms with Crippen molar-refractivity contribution in [2.24, 2.45) is 5.92 Å². The Morgan fingerprint density at radius 3 is 2.68 bits per heavy atom. The molecule has 0 N–H and O–H groups in total. The van der Waals surface area contributed by atoms with E-state index in [0.29, 0.717) is 11.8 Å². The molecule has 2 heterocycles. The minimum atomic E-state index is -0.251. The Bertz CT molecular complexity index is 798. The highest BCUT2D eigenvalue weighted by molar-refractivity contribution is 5.49. The normalized spacial score (nSPS) is 16.6. The molecule has 28 heavy (non-hydrogen) atoms. The zero-order valence-corrected chi connectivity index (χ0v) is 17.1. The van der Waals surface area contributed by atoms with Gasteiger partial charge in [-0.15, -0.1) is 0 Å². The quantitative estimate of drug-likeness (QED) is 0.666. The van der Waals surface area contributed by atoms with Crippen molar-refractivity contribution in [3.63, 3.8) is 0 Å². The van der Waals surface area contributed by atoms with Crippen molar-refractivity contribution in [1.82, 2.24) is 14.9 Å². The van der Waals surface area contributed by atoms with Gasteiger partial charge in [0.05, 0.1) is 0 Å². The van der Waals surface area contributed by atoms with Gasteiger partial charge in [0.2, 0.25) is 5.88 Å². The molecule has 1 aromatic carbocycles. The zero-order valence-electron chi connectivity index (χ0n) is 17.1. The molecule has 1 aliphatic heterocycles. The number of aromatic nitrogens is 2. The number of hydrogen-bond donors (Lipinski definition) is 0. The second kappa shape index (κ2) is 9.28. The highest BCUT2D eigenvalue weighted by atomic mass is 19.1. The van der Waals surface area contributed by atoms with Crippen LogP contribution in [-0.4, -0.2) is 33.6 Å². The van der Waals surface area contributed by atoms with Gasteiger partial charge < -0.3 is 4.74 Å². The topological polar surface area (TPSA) is 38.3 Å².